The highest BCUT2D eigenvalue weighted by Gasteiger charge is 2.07. The lowest BCUT2D eigenvalue weighted by atomic mass is 10.3. The van der Waals surface area contributed by atoms with Gasteiger partial charge in [0.2, 0.25) is 5.16 Å². The second-order valence-corrected chi connectivity index (χ2v) is 4.29. The molecule has 1 aromatic carbocycles. The Morgan fingerprint density at radius 2 is 2.07 bits per heavy atom. The second kappa shape index (κ2) is 5.18. The summed E-state index contributed by atoms with van der Waals surface area (Å²) in [6.07, 6.45) is 0. The van der Waals surface area contributed by atoms with E-state index >= 15 is 0 Å². The van der Waals surface area contributed by atoms with E-state index in [2.05, 4.69) is 28.2 Å². The van der Waals surface area contributed by atoms with Crippen LogP contribution in [0.15, 0.2) is 35.5 Å². The Balaban J connectivity index is 2.25. The molecule has 0 radical (unpaired) electrons. The Hall–Kier alpha value is -1.01. The van der Waals surface area contributed by atoms with Gasteiger partial charge in [-0.2, -0.15) is 17.3 Å². The lowest BCUT2D eigenvalue weighted by Crippen LogP contribution is -1.98. The van der Waals surface area contributed by atoms with Gasteiger partial charge in [0.05, 0.1) is 5.69 Å². The Labute approximate surface area is 97.5 Å². The minimum Gasteiger partial charge on any atom is -0.188 e. The van der Waals surface area contributed by atoms with Gasteiger partial charge in [-0.15, -0.1) is 5.10 Å². The summed E-state index contributed by atoms with van der Waals surface area (Å²) < 4.78 is 1.73. The largest absolute Gasteiger partial charge is 0.214 e. The van der Waals surface area contributed by atoms with Crippen LogP contribution in [0.4, 0.5) is 0 Å². The van der Waals surface area contributed by atoms with Crippen molar-refractivity contribution >= 4 is 24.4 Å². The Bertz CT molecular complexity index is 415. The van der Waals surface area contributed by atoms with Crippen LogP contribution in [0.1, 0.15) is 0 Å². The maximum Gasteiger partial charge on any atom is 0.214 e. The number of thiol groups is 1. The first-order chi connectivity index (χ1) is 7.42. The van der Waals surface area contributed by atoms with E-state index in [9.17, 15) is 0 Å². The summed E-state index contributed by atoms with van der Waals surface area (Å²) in [5, 5.41) is 12.4. The summed E-state index contributed by atoms with van der Waals surface area (Å²) in [6, 6.07) is 9.84. The van der Waals surface area contributed by atoms with Gasteiger partial charge in [0.15, 0.2) is 0 Å². The highest BCUT2D eigenvalue weighted by atomic mass is 32.2. The summed E-state index contributed by atoms with van der Waals surface area (Å²) in [7, 11) is 0. The molecular weight excluding hydrogens is 228 g/mol. The summed E-state index contributed by atoms with van der Waals surface area (Å²) in [4.78, 5) is 0. The van der Waals surface area contributed by atoms with Gasteiger partial charge in [-0.1, -0.05) is 30.0 Å². The number of thioether (sulfide) groups is 1. The third kappa shape index (κ3) is 2.51. The van der Waals surface area contributed by atoms with E-state index in [1.807, 2.05) is 30.3 Å². The molecule has 2 aromatic rings. The van der Waals surface area contributed by atoms with Gasteiger partial charge in [0, 0.05) is 5.75 Å². The molecule has 0 unspecified atom stereocenters. The molecule has 0 N–H and O–H groups in total. The van der Waals surface area contributed by atoms with Gasteiger partial charge in [0.25, 0.3) is 0 Å². The quantitative estimate of drug-likeness (QED) is 0.650. The molecule has 1 heterocycles. The van der Waals surface area contributed by atoms with E-state index in [4.69, 9.17) is 0 Å². The minimum absolute atomic E-state index is 0.801. The number of nitrogens with zero attached hydrogens (tertiary/aromatic N) is 4. The van der Waals surface area contributed by atoms with Crippen molar-refractivity contribution in [3.05, 3.63) is 30.3 Å². The third-order valence-electron chi connectivity index (χ3n) is 1.76. The highest BCUT2D eigenvalue weighted by Crippen LogP contribution is 2.17. The molecular formula is C9H10N4S2. The number of hydrogen-bond donors (Lipinski definition) is 1. The summed E-state index contributed by atoms with van der Waals surface area (Å²) in [6.45, 7) is 0. The van der Waals surface area contributed by atoms with E-state index in [0.717, 1.165) is 22.3 Å². The predicted molar refractivity (Wildman–Crippen MR) is 63.7 cm³/mol. The maximum atomic E-state index is 4.15. The molecule has 0 spiro atoms. The van der Waals surface area contributed by atoms with Crippen molar-refractivity contribution in [1.82, 2.24) is 20.2 Å². The fourth-order valence-electron chi connectivity index (χ4n) is 1.14. The zero-order chi connectivity index (χ0) is 10.5. The van der Waals surface area contributed by atoms with Crippen LogP contribution in [0.5, 0.6) is 0 Å². The van der Waals surface area contributed by atoms with E-state index < -0.39 is 0 Å². The van der Waals surface area contributed by atoms with Gasteiger partial charge in [-0.05, 0) is 28.3 Å². The maximum absolute atomic E-state index is 4.15. The molecule has 78 valence electrons. The van der Waals surface area contributed by atoms with Crippen LogP contribution >= 0.6 is 24.4 Å². The summed E-state index contributed by atoms with van der Waals surface area (Å²) in [5.41, 5.74) is 0.976. The molecule has 0 atom stereocenters. The first kappa shape index (κ1) is 10.5. The second-order valence-electron chi connectivity index (χ2n) is 2.78. The van der Waals surface area contributed by atoms with Gasteiger partial charge in [-0.3, -0.25) is 0 Å². The summed E-state index contributed by atoms with van der Waals surface area (Å²) >= 11 is 5.75. The number of rotatable bonds is 4. The van der Waals surface area contributed by atoms with Crippen LogP contribution in [0.2, 0.25) is 0 Å². The first-order valence-electron chi connectivity index (χ1n) is 4.49. The molecule has 6 heteroatoms. The molecule has 0 aliphatic heterocycles. The van der Waals surface area contributed by atoms with Crippen molar-refractivity contribution < 1.29 is 0 Å². The lowest BCUT2D eigenvalue weighted by molar-refractivity contribution is 0.756. The number of benzene rings is 1. The average molecular weight is 238 g/mol. The van der Waals surface area contributed by atoms with Crippen LogP contribution < -0.4 is 0 Å². The van der Waals surface area contributed by atoms with Crippen molar-refractivity contribution in [2.45, 2.75) is 5.16 Å². The molecule has 15 heavy (non-hydrogen) atoms. The van der Waals surface area contributed by atoms with E-state index in [1.165, 1.54) is 0 Å². The van der Waals surface area contributed by atoms with Gasteiger partial charge >= 0.3 is 0 Å². The molecule has 2 rings (SSSR count). The van der Waals surface area contributed by atoms with Crippen LogP contribution in [-0.2, 0) is 0 Å². The molecule has 0 saturated carbocycles. The molecule has 0 fully saturated rings. The van der Waals surface area contributed by atoms with Gasteiger partial charge in [0.1, 0.15) is 0 Å². The van der Waals surface area contributed by atoms with E-state index in [0.29, 0.717) is 0 Å². The fraction of sp³-hybridized carbons (Fsp3) is 0.222. The monoisotopic (exact) mass is 238 g/mol. The molecule has 0 amide bonds. The zero-order valence-corrected chi connectivity index (χ0v) is 9.66. The Morgan fingerprint density at radius 3 is 2.80 bits per heavy atom. The van der Waals surface area contributed by atoms with Crippen molar-refractivity contribution in [1.29, 1.82) is 0 Å². The van der Waals surface area contributed by atoms with Crippen LogP contribution in [0.3, 0.4) is 0 Å². The molecule has 1 aromatic heterocycles. The normalized spacial score (nSPS) is 10.5. The first-order valence-corrected chi connectivity index (χ1v) is 6.11. The van der Waals surface area contributed by atoms with Gasteiger partial charge in [-0.25, -0.2) is 0 Å². The van der Waals surface area contributed by atoms with Crippen molar-refractivity contribution in [3.8, 4) is 5.69 Å². The molecule has 0 aliphatic carbocycles. The van der Waals surface area contributed by atoms with Gasteiger partial charge < -0.3 is 0 Å². The van der Waals surface area contributed by atoms with Crippen molar-refractivity contribution in [2.75, 3.05) is 11.5 Å². The van der Waals surface area contributed by atoms with Crippen LogP contribution in [-0.4, -0.2) is 31.7 Å². The number of para-hydroxylation sites is 1. The lowest BCUT2D eigenvalue weighted by Gasteiger charge is -2.02. The summed E-state index contributed by atoms with van der Waals surface area (Å²) in [5.74, 6) is 1.71. The molecule has 0 bridgehead atoms. The molecule has 0 saturated heterocycles. The topological polar surface area (TPSA) is 43.6 Å². The predicted octanol–water partition coefficient (Wildman–Crippen LogP) is 1.68. The fourth-order valence-corrected chi connectivity index (χ4v) is 2.04. The van der Waals surface area contributed by atoms with Crippen molar-refractivity contribution in [2.24, 2.45) is 0 Å². The number of tetrazole rings is 1. The third-order valence-corrected chi connectivity index (χ3v) is 3.21. The van der Waals surface area contributed by atoms with Crippen molar-refractivity contribution in [3.63, 3.8) is 0 Å². The van der Waals surface area contributed by atoms with Crippen LogP contribution in [0, 0.1) is 0 Å². The highest BCUT2D eigenvalue weighted by molar-refractivity contribution is 7.99. The smallest absolute Gasteiger partial charge is 0.188 e. The Morgan fingerprint density at radius 1 is 1.27 bits per heavy atom. The average Bonchev–Trinajstić information content (AvgIpc) is 2.75. The van der Waals surface area contributed by atoms with Crippen LogP contribution in [0.25, 0.3) is 5.69 Å². The standard InChI is InChI=1S/C9H10N4S2/c14-6-7-15-9-10-11-12-13(9)8-4-2-1-3-5-8/h1-5,14H,6-7H2. The molecule has 4 nitrogen and oxygen atoms in total. The van der Waals surface area contributed by atoms with E-state index in [-0.39, 0.29) is 0 Å². The number of aromatic nitrogens is 4. The Kier molecular flexibility index (Phi) is 3.63. The SMILES string of the molecule is SCCSc1nnnn1-c1ccccc1. The molecule has 0 aliphatic rings. The minimum atomic E-state index is 0.801. The van der Waals surface area contributed by atoms with E-state index in [1.54, 1.807) is 16.4 Å². The zero-order valence-electron chi connectivity index (χ0n) is 7.95. The number of hydrogen-bond acceptors (Lipinski definition) is 5.